The van der Waals surface area contributed by atoms with Crippen molar-refractivity contribution in [3.63, 3.8) is 0 Å². The van der Waals surface area contributed by atoms with E-state index in [4.69, 9.17) is 0 Å². The molecule has 2 nitrogen and oxygen atoms in total. The fraction of sp³-hybridized carbons (Fsp3) is 1.00. The maximum absolute atomic E-state index is 12.6. The summed E-state index contributed by atoms with van der Waals surface area (Å²) in [7, 11) is 2.00. The summed E-state index contributed by atoms with van der Waals surface area (Å²) in [4.78, 5) is 2.10. The molecule has 1 aliphatic rings. The van der Waals surface area contributed by atoms with Gasteiger partial charge >= 0.3 is 0 Å². The Morgan fingerprint density at radius 1 is 1.62 bits per heavy atom. The smallest absolute Gasteiger partial charge is 0.110 e. The Labute approximate surface area is 80.5 Å². The predicted molar refractivity (Wildman–Crippen MR) is 53.7 cm³/mol. The quantitative estimate of drug-likeness (QED) is 0.715. The molecule has 1 saturated heterocycles. The molecule has 1 rings (SSSR count). The molecule has 0 amide bonds. The molecule has 1 N–H and O–H groups in total. The Bertz CT molecular complexity index is 133. The van der Waals surface area contributed by atoms with Gasteiger partial charge in [0.15, 0.2) is 0 Å². The van der Waals surface area contributed by atoms with Gasteiger partial charge in [0, 0.05) is 13.1 Å². The molecule has 1 aliphatic heterocycles. The number of hydrogen-bond donors (Lipinski definition) is 1. The molecule has 2 atom stereocenters. The van der Waals surface area contributed by atoms with Gasteiger partial charge in [-0.05, 0) is 45.8 Å². The normalized spacial score (nSPS) is 26.3. The van der Waals surface area contributed by atoms with Gasteiger partial charge in [-0.25, -0.2) is 4.39 Å². The van der Waals surface area contributed by atoms with Gasteiger partial charge in [0.05, 0.1) is 0 Å². The highest BCUT2D eigenvalue weighted by atomic mass is 19.1. The fourth-order valence-corrected chi connectivity index (χ4v) is 2.02. The summed E-state index contributed by atoms with van der Waals surface area (Å²) in [6.45, 7) is 5.47. The van der Waals surface area contributed by atoms with E-state index in [9.17, 15) is 4.39 Å². The van der Waals surface area contributed by atoms with Crippen molar-refractivity contribution in [1.82, 2.24) is 10.2 Å². The second kappa shape index (κ2) is 5.55. The van der Waals surface area contributed by atoms with Crippen molar-refractivity contribution in [3.8, 4) is 0 Å². The number of halogens is 1. The number of hydrogen-bond acceptors (Lipinski definition) is 2. The summed E-state index contributed by atoms with van der Waals surface area (Å²) in [5.41, 5.74) is 0. The zero-order valence-corrected chi connectivity index (χ0v) is 8.72. The lowest BCUT2D eigenvalue weighted by Gasteiger charge is -2.27. The van der Waals surface area contributed by atoms with Crippen LogP contribution in [0, 0.1) is 5.92 Å². The molecule has 0 aromatic rings. The minimum atomic E-state index is -0.707. The van der Waals surface area contributed by atoms with Crippen LogP contribution < -0.4 is 5.32 Å². The number of nitrogens with one attached hydrogen (secondary N) is 1. The van der Waals surface area contributed by atoms with Gasteiger partial charge in [0.2, 0.25) is 0 Å². The molecule has 78 valence electrons. The van der Waals surface area contributed by atoms with E-state index in [1.165, 1.54) is 12.8 Å². The molecule has 0 aromatic carbocycles. The van der Waals surface area contributed by atoms with E-state index in [2.05, 4.69) is 10.2 Å². The highest BCUT2D eigenvalue weighted by molar-refractivity contribution is 4.72. The second-order valence-corrected chi connectivity index (χ2v) is 4.21. The third kappa shape index (κ3) is 4.58. The summed E-state index contributed by atoms with van der Waals surface area (Å²) < 4.78 is 12.6. The molecular weight excluding hydrogens is 167 g/mol. The van der Waals surface area contributed by atoms with Crippen LogP contribution in [-0.2, 0) is 0 Å². The molecule has 3 heteroatoms. The van der Waals surface area contributed by atoms with Gasteiger partial charge in [-0.15, -0.1) is 0 Å². The van der Waals surface area contributed by atoms with Crippen LogP contribution in [0.25, 0.3) is 0 Å². The van der Waals surface area contributed by atoms with Gasteiger partial charge in [0.25, 0.3) is 0 Å². The number of rotatable bonds is 4. The lowest BCUT2D eigenvalue weighted by molar-refractivity contribution is 0.194. The van der Waals surface area contributed by atoms with Crippen molar-refractivity contribution in [2.75, 3.05) is 33.2 Å². The summed E-state index contributed by atoms with van der Waals surface area (Å²) in [6, 6.07) is 0. The van der Waals surface area contributed by atoms with Crippen molar-refractivity contribution < 1.29 is 4.39 Å². The third-order valence-electron chi connectivity index (χ3n) is 2.53. The molecule has 2 unspecified atom stereocenters. The molecule has 0 radical (unpaired) electrons. The molecule has 0 saturated carbocycles. The van der Waals surface area contributed by atoms with Crippen molar-refractivity contribution in [1.29, 1.82) is 0 Å². The van der Waals surface area contributed by atoms with Gasteiger partial charge in [0.1, 0.15) is 6.17 Å². The zero-order chi connectivity index (χ0) is 9.68. The van der Waals surface area contributed by atoms with Crippen LogP contribution in [0.2, 0.25) is 0 Å². The van der Waals surface area contributed by atoms with E-state index in [0.29, 0.717) is 6.54 Å². The van der Waals surface area contributed by atoms with E-state index >= 15 is 0 Å². The maximum Gasteiger partial charge on any atom is 0.110 e. The average molecular weight is 188 g/mol. The minimum absolute atomic E-state index is 0.566. The lowest BCUT2D eigenvalue weighted by atomic mass is 9.99. The summed E-state index contributed by atoms with van der Waals surface area (Å²) in [5, 5.41) is 3.37. The van der Waals surface area contributed by atoms with Crippen molar-refractivity contribution >= 4 is 0 Å². The Balaban J connectivity index is 2.14. The van der Waals surface area contributed by atoms with Crippen LogP contribution in [-0.4, -0.2) is 44.3 Å². The first-order valence-corrected chi connectivity index (χ1v) is 5.22. The van der Waals surface area contributed by atoms with Crippen molar-refractivity contribution in [3.05, 3.63) is 0 Å². The van der Waals surface area contributed by atoms with E-state index in [1.54, 1.807) is 6.92 Å². The summed E-state index contributed by atoms with van der Waals surface area (Å²) in [6.07, 6.45) is 1.85. The first-order valence-electron chi connectivity index (χ1n) is 5.22. The van der Waals surface area contributed by atoms with Crippen molar-refractivity contribution in [2.45, 2.75) is 25.9 Å². The molecule has 13 heavy (non-hydrogen) atoms. The summed E-state index contributed by atoms with van der Waals surface area (Å²) >= 11 is 0. The molecular formula is C10H21FN2. The van der Waals surface area contributed by atoms with Crippen LogP contribution in [0.5, 0.6) is 0 Å². The van der Waals surface area contributed by atoms with E-state index in [1.807, 2.05) is 7.05 Å². The maximum atomic E-state index is 12.6. The number of nitrogens with zero attached hydrogens (tertiary/aromatic N) is 1. The average Bonchev–Trinajstić information content (AvgIpc) is 2.04. The van der Waals surface area contributed by atoms with Gasteiger partial charge in [-0.2, -0.15) is 0 Å². The first kappa shape index (κ1) is 10.9. The monoisotopic (exact) mass is 188 g/mol. The zero-order valence-electron chi connectivity index (χ0n) is 8.72. The van der Waals surface area contributed by atoms with E-state index in [0.717, 1.165) is 25.6 Å². The lowest BCUT2D eigenvalue weighted by Crippen LogP contribution is -2.38. The van der Waals surface area contributed by atoms with Crippen LogP contribution in [0.15, 0.2) is 0 Å². The Morgan fingerprint density at radius 3 is 2.92 bits per heavy atom. The highest BCUT2D eigenvalue weighted by Gasteiger charge is 2.15. The molecule has 0 aromatic heterocycles. The molecule has 0 bridgehead atoms. The molecule has 0 aliphatic carbocycles. The third-order valence-corrected chi connectivity index (χ3v) is 2.53. The molecule has 1 fully saturated rings. The minimum Gasteiger partial charge on any atom is -0.316 e. The Hall–Kier alpha value is -0.150. The fourth-order valence-electron chi connectivity index (χ4n) is 2.02. The SMILES string of the molecule is CC(F)CN(C)CC1CCCNC1. The van der Waals surface area contributed by atoms with E-state index < -0.39 is 6.17 Å². The van der Waals surface area contributed by atoms with Crippen LogP contribution in [0.1, 0.15) is 19.8 Å². The Kier molecular flexibility index (Phi) is 4.67. The van der Waals surface area contributed by atoms with E-state index in [-0.39, 0.29) is 0 Å². The topological polar surface area (TPSA) is 15.3 Å². The van der Waals surface area contributed by atoms with Crippen LogP contribution >= 0.6 is 0 Å². The number of piperidine rings is 1. The summed E-state index contributed by atoms with van der Waals surface area (Å²) in [5.74, 6) is 0.720. The van der Waals surface area contributed by atoms with Gasteiger partial charge in [-0.1, -0.05) is 0 Å². The standard InChI is InChI=1S/C10H21FN2/c1-9(11)7-13(2)8-10-4-3-5-12-6-10/h9-10,12H,3-8H2,1-2H3. The molecule has 0 spiro atoms. The van der Waals surface area contributed by atoms with Gasteiger partial charge < -0.3 is 10.2 Å². The second-order valence-electron chi connectivity index (χ2n) is 4.21. The number of alkyl halides is 1. The highest BCUT2D eigenvalue weighted by Crippen LogP contribution is 2.11. The predicted octanol–water partition coefficient (Wildman–Crippen LogP) is 1.28. The largest absolute Gasteiger partial charge is 0.316 e. The van der Waals surface area contributed by atoms with Gasteiger partial charge in [-0.3, -0.25) is 0 Å². The Morgan fingerprint density at radius 2 is 2.38 bits per heavy atom. The van der Waals surface area contributed by atoms with Crippen LogP contribution in [0.4, 0.5) is 4.39 Å². The van der Waals surface area contributed by atoms with Crippen LogP contribution in [0.3, 0.4) is 0 Å². The first-order chi connectivity index (χ1) is 6.18. The van der Waals surface area contributed by atoms with Crippen molar-refractivity contribution in [2.24, 2.45) is 5.92 Å². The molecule has 1 heterocycles.